The topological polar surface area (TPSA) is 76.7 Å². The van der Waals surface area contributed by atoms with E-state index >= 15 is 0 Å². The molecule has 0 fully saturated rings. The van der Waals surface area contributed by atoms with Gasteiger partial charge < -0.3 is 9.84 Å². The summed E-state index contributed by atoms with van der Waals surface area (Å²) in [7, 11) is 0. The lowest BCUT2D eigenvalue weighted by molar-refractivity contribution is 0.418. The number of anilines is 1. The van der Waals surface area contributed by atoms with Gasteiger partial charge in [-0.15, -0.1) is 0 Å². The van der Waals surface area contributed by atoms with Crippen LogP contribution in [-0.2, 0) is 12.8 Å². The maximum absolute atomic E-state index is 4.71. The maximum atomic E-state index is 4.71. The molecule has 0 amide bonds. The molecule has 4 rings (SSSR count). The van der Waals surface area contributed by atoms with Crippen molar-refractivity contribution < 1.29 is 4.52 Å². The van der Waals surface area contributed by atoms with Crippen LogP contribution in [0.5, 0.6) is 0 Å². The fourth-order valence-electron chi connectivity index (χ4n) is 2.66. The summed E-state index contributed by atoms with van der Waals surface area (Å²) in [6.07, 6.45) is 6.69. The number of benzene rings is 1. The van der Waals surface area contributed by atoms with Crippen LogP contribution in [0.2, 0.25) is 0 Å². The van der Waals surface area contributed by atoms with Gasteiger partial charge in [0.1, 0.15) is 0 Å². The van der Waals surface area contributed by atoms with E-state index < -0.39 is 0 Å². The Morgan fingerprint density at radius 2 is 1.71 bits per heavy atom. The Morgan fingerprint density at radius 1 is 1.00 bits per heavy atom. The van der Waals surface area contributed by atoms with Gasteiger partial charge in [0.2, 0.25) is 18.2 Å². The third-order valence-corrected chi connectivity index (χ3v) is 3.66. The highest BCUT2D eigenvalue weighted by atomic mass is 16.5. The zero-order valence-corrected chi connectivity index (χ0v) is 11.2. The number of aromatic nitrogens is 4. The molecule has 1 aliphatic carbocycles. The van der Waals surface area contributed by atoms with Gasteiger partial charge in [0, 0.05) is 18.4 Å². The molecular weight excluding hydrogens is 266 g/mol. The molecule has 0 saturated heterocycles. The third-order valence-electron chi connectivity index (χ3n) is 3.66. The molecule has 1 aliphatic rings. The van der Waals surface area contributed by atoms with E-state index in [1.807, 2.05) is 0 Å². The molecule has 0 spiro atoms. The molecular formula is C15H13N5O. The predicted molar refractivity (Wildman–Crippen MR) is 76.6 cm³/mol. The van der Waals surface area contributed by atoms with Crippen LogP contribution in [0.4, 0.5) is 5.95 Å². The van der Waals surface area contributed by atoms with E-state index in [2.05, 4.69) is 49.7 Å². The molecule has 0 atom stereocenters. The Balaban J connectivity index is 1.47. The van der Waals surface area contributed by atoms with Gasteiger partial charge >= 0.3 is 0 Å². The van der Waals surface area contributed by atoms with Gasteiger partial charge in [-0.05, 0) is 24.0 Å². The molecule has 1 aromatic carbocycles. The molecule has 0 radical (unpaired) electrons. The van der Waals surface area contributed by atoms with E-state index in [0.717, 1.165) is 18.4 Å². The van der Waals surface area contributed by atoms with Crippen molar-refractivity contribution in [3.8, 4) is 11.4 Å². The van der Waals surface area contributed by atoms with Gasteiger partial charge in [0.25, 0.3) is 0 Å². The normalized spacial score (nSPS) is 14.1. The van der Waals surface area contributed by atoms with E-state index in [9.17, 15) is 0 Å². The molecule has 0 bridgehead atoms. The van der Waals surface area contributed by atoms with Crippen molar-refractivity contribution in [2.45, 2.75) is 18.9 Å². The van der Waals surface area contributed by atoms with Crippen molar-refractivity contribution in [1.82, 2.24) is 20.1 Å². The average Bonchev–Trinajstić information content (AvgIpc) is 3.17. The van der Waals surface area contributed by atoms with Gasteiger partial charge in [-0.1, -0.05) is 29.4 Å². The maximum Gasteiger partial charge on any atom is 0.222 e. The molecule has 3 aromatic rings. The van der Waals surface area contributed by atoms with Gasteiger partial charge in [0.05, 0.1) is 5.56 Å². The lowest BCUT2D eigenvalue weighted by Gasteiger charge is -2.11. The van der Waals surface area contributed by atoms with E-state index in [1.165, 1.54) is 17.5 Å². The number of fused-ring (bicyclic) bond motifs is 1. The van der Waals surface area contributed by atoms with Crippen LogP contribution in [0.1, 0.15) is 11.1 Å². The van der Waals surface area contributed by atoms with E-state index in [-0.39, 0.29) is 0 Å². The lowest BCUT2D eigenvalue weighted by atomic mass is 10.1. The zero-order chi connectivity index (χ0) is 14.1. The Kier molecular flexibility index (Phi) is 2.85. The smallest absolute Gasteiger partial charge is 0.222 e. The second-order valence-corrected chi connectivity index (χ2v) is 5.07. The van der Waals surface area contributed by atoms with Crippen LogP contribution in [0.25, 0.3) is 11.4 Å². The summed E-state index contributed by atoms with van der Waals surface area (Å²) >= 11 is 0. The van der Waals surface area contributed by atoms with Crippen LogP contribution in [0.15, 0.2) is 47.6 Å². The fraction of sp³-hybridized carbons (Fsp3) is 0.200. The highest BCUT2D eigenvalue weighted by molar-refractivity contribution is 5.52. The Hall–Kier alpha value is -2.76. The van der Waals surface area contributed by atoms with Gasteiger partial charge in [0.15, 0.2) is 0 Å². The number of hydrogen-bond donors (Lipinski definition) is 1. The number of nitrogens with one attached hydrogen (secondary N) is 1. The molecule has 6 nitrogen and oxygen atoms in total. The SMILES string of the molecule is c1ccc2c(c1)CC(Nc1ncc(-c3ncon3)cn1)C2. The Labute approximate surface area is 121 Å². The van der Waals surface area contributed by atoms with E-state index in [1.54, 1.807) is 12.4 Å². The van der Waals surface area contributed by atoms with Gasteiger partial charge in [-0.2, -0.15) is 4.98 Å². The first-order chi connectivity index (χ1) is 10.4. The first-order valence-corrected chi connectivity index (χ1v) is 6.80. The number of nitrogens with zero attached hydrogens (tertiary/aromatic N) is 4. The second kappa shape index (κ2) is 4.97. The number of hydrogen-bond acceptors (Lipinski definition) is 6. The van der Waals surface area contributed by atoms with E-state index in [4.69, 9.17) is 4.52 Å². The summed E-state index contributed by atoms with van der Waals surface area (Å²) in [5.41, 5.74) is 3.54. The first kappa shape index (κ1) is 12.0. The minimum absolute atomic E-state index is 0.346. The number of rotatable bonds is 3. The standard InChI is InChI=1S/C15H13N5O/c1-2-4-11-6-13(5-10(11)3-1)19-15-16-7-12(8-17-15)14-18-9-21-20-14/h1-4,7-9,13H,5-6H2,(H,16,17,19). The molecule has 0 unspecified atom stereocenters. The molecule has 104 valence electrons. The summed E-state index contributed by atoms with van der Waals surface area (Å²) in [6, 6.07) is 8.86. The van der Waals surface area contributed by atoms with Crippen molar-refractivity contribution in [2.24, 2.45) is 0 Å². The molecule has 6 heteroatoms. The van der Waals surface area contributed by atoms with Gasteiger partial charge in [-0.25, -0.2) is 9.97 Å². The summed E-state index contributed by atoms with van der Waals surface area (Å²) in [6.45, 7) is 0. The minimum Gasteiger partial charge on any atom is -0.351 e. The Morgan fingerprint density at radius 3 is 2.33 bits per heavy atom. The van der Waals surface area contributed by atoms with Crippen LogP contribution >= 0.6 is 0 Å². The summed E-state index contributed by atoms with van der Waals surface area (Å²) in [5, 5.41) is 7.13. The molecule has 2 heterocycles. The summed E-state index contributed by atoms with van der Waals surface area (Å²) < 4.78 is 4.71. The monoisotopic (exact) mass is 279 g/mol. The third kappa shape index (κ3) is 2.35. The quantitative estimate of drug-likeness (QED) is 0.791. The minimum atomic E-state index is 0.346. The summed E-state index contributed by atoms with van der Waals surface area (Å²) in [4.78, 5) is 12.6. The first-order valence-electron chi connectivity index (χ1n) is 6.80. The van der Waals surface area contributed by atoms with Crippen molar-refractivity contribution in [1.29, 1.82) is 0 Å². The molecule has 0 aliphatic heterocycles. The summed E-state index contributed by atoms with van der Waals surface area (Å²) in [5.74, 6) is 1.12. The van der Waals surface area contributed by atoms with Crippen molar-refractivity contribution >= 4 is 5.95 Å². The van der Waals surface area contributed by atoms with Crippen LogP contribution in [0, 0.1) is 0 Å². The van der Waals surface area contributed by atoms with Crippen LogP contribution in [0.3, 0.4) is 0 Å². The molecule has 0 saturated carbocycles. The zero-order valence-electron chi connectivity index (χ0n) is 11.2. The predicted octanol–water partition coefficient (Wildman–Crippen LogP) is 2.11. The second-order valence-electron chi connectivity index (χ2n) is 5.07. The van der Waals surface area contributed by atoms with Crippen molar-refractivity contribution in [3.63, 3.8) is 0 Å². The van der Waals surface area contributed by atoms with Gasteiger partial charge in [-0.3, -0.25) is 0 Å². The average molecular weight is 279 g/mol. The molecule has 1 N–H and O–H groups in total. The van der Waals surface area contributed by atoms with Crippen molar-refractivity contribution in [2.75, 3.05) is 5.32 Å². The van der Waals surface area contributed by atoms with Crippen molar-refractivity contribution in [3.05, 3.63) is 54.2 Å². The Bertz CT molecular complexity index is 714. The largest absolute Gasteiger partial charge is 0.351 e. The highest BCUT2D eigenvalue weighted by Crippen LogP contribution is 2.23. The van der Waals surface area contributed by atoms with Crippen LogP contribution in [-0.4, -0.2) is 26.2 Å². The lowest BCUT2D eigenvalue weighted by Crippen LogP contribution is -2.20. The van der Waals surface area contributed by atoms with E-state index in [0.29, 0.717) is 17.8 Å². The molecule has 21 heavy (non-hydrogen) atoms. The highest BCUT2D eigenvalue weighted by Gasteiger charge is 2.21. The fourth-order valence-corrected chi connectivity index (χ4v) is 2.66. The molecule has 2 aromatic heterocycles. The van der Waals surface area contributed by atoms with Crippen LogP contribution < -0.4 is 5.32 Å².